The van der Waals surface area contributed by atoms with Crippen molar-refractivity contribution in [1.82, 2.24) is 9.13 Å². The second-order valence-electron chi connectivity index (χ2n) is 3.62. The number of nitro groups is 1. The first-order chi connectivity index (χ1) is 7.45. The zero-order valence-corrected chi connectivity index (χ0v) is 8.84. The molecule has 1 fully saturated rings. The Morgan fingerprint density at radius 3 is 2.19 bits per heavy atom. The molecule has 1 aliphatic rings. The molecule has 0 saturated carbocycles. The third-order valence-corrected chi connectivity index (χ3v) is 2.54. The van der Waals surface area contributed by atoms with Crippen molar-refractivity contribution in [2.45, 2.75) is 0 Å². The number of aromatic nitrogens is 2. The highest BCUT2D eigenvalue weighted by atomic mass is 16.6. The highest BCUT2D eigenvalue weighted by Crippen LogP contribution is 2.26. The van der Waals surface area contributed by atoms with Gasteiger partial charge in [0.2, 0.25) is 0 Å². The third-order valence-electron chi connectivity index (χ3n) is 2.54. The van der Waals surface area contributed by atoms with Gasteiger partial charge in [0.25, 0.3) is 0 Å². The van der Waals surface area contributed by atoms with E-state index < -0.39 is 21.9 Å². The molecule has 0 atom stereocenters. The van der Waals surface area contributed by atoms with Crippen LogP contribution in [0.1, 0.15) is 0 Å². The summed E-state index contributed by atoms with van der Waals surface area (Å²) >= 11 is 0. The van der Waals surface area contributed by atoms with Crippen molar-refractivity contribution in [3.63, 3.8) is 0 Å². The molecule has 0 amide bonds. The smallest absolute Gasteiger partial charge is 0.348 e. The predicted octanol–water partition coefficient (Wildman–Crippen LogP) is -1.19. The van der Waals surface area contributed by atoms with E-state index in [1.807, 2.05) is 0 Å². The molecule has 1 aromatic heterocycles. The summed E-state index contributed by atoms with van der Waals surface area (Å²) in [5.74, 6) is 0.0955. The van der Waals surface area contributed by atoms with Crippen LogP contribution in [0.2, 0.25) is 0 Å². The molecule has 0 unspecified atom stereocenters. The summed E-state index contributed by atoms with van der Waals surface area (Å²) in [5, 5.41) is 10.8. The van der Waals surface area contributed by atoms with Gasteiger partial charge in [-0.15, -0.1) is 0 Å². The lowest BCUT2D eigenvalue weighted by Gasteiger charge is -2.10. The third kappa shape index (κ3) is 1.30. The number of nitrogens with zero attached hydrogens (tertiary/aromatic N) is 4. The Kier molecular flexibility index (Phi) is 2.07. The molecule has 16 heavy (non-hydrogen) atoms. The van der Waals surface area contributed by atoms with E-state index in [2.05, 4.69) is 0 Å². The Balaban J connectivity index is 2.89. The van der Waals surface area contributed by atoms with Crippen LogP contribution in [0.15, 0.2) is 9.59 Å². The predicted molar refractivity (Wildman–Crippen MR) is 55.8 cm³/mol. The van der Waals surface area contributed by atoms with Gasteiger partial charge in [0.15, 0.2) is 5.82 Å². The minimum atomic E-state index is -0.866. The highest BCUT2D eigenvalue weighted by Gasteiger charge is 2.33. The second kappa shape index (κ2) is 3.19. The van der Waals surface area contributed by atoms with Gasteiger partial charge in [0.1, 0.15) is 0 Å². The average Bonchev–Trinajstić information content (AvgIpc) is 3.03. The lowest BCUT2D eigenvalue weighted by Crippen LogP contribution is -2.39. The van der Waals surface area contributed by atoms with Crippen molar-refractivity contribution < 1.29 is 4.92 Å². The molecule has 0 aliphatic carbocycles. The van der Waals surface area contributed by atoms with Crippen LogP contribution in [-0.2, 0) is 14.1 Å². The number of anilines is 1. The highest BCUT2D eigenvalue weighted by molar-refractivity contribution is 5.60. The normalized spacial score (nSPS) is 14.0. The maximum atomic E-state index is 11.6. The van der Waals surface area contributed by atoms with E-state index in [0.717, 1.165) is 9.13 Å². The van der Waals surface area contributed by atoms with Gasteiger partial charge in [-0.1, -0.05) is 0 Å². The molecule has 0 spiro atoms. The van der Waals surface area contributed by atoms with E-state index in [9.17, 15) is 19.7 Å². The molecule has 0 bridgehead atoms. The quantitative estimate of drug-likeness (QED) is 0.359. The Labute approximate surface area is 89.5 Å². The number of rotatable bonds is 2. The number of hydrogen-bond donors (Lipinski definition) is 0. The SMILES string of the molecule is Cn1c(N2CC2)c([N+](=O)[O-])c(=O)n(C)c1=O. The topological polar surface area (TPSA) is 90.2 Å². The fourth-order valence-corrected chi connectivity index (χ4v) is 1.60. The lowest BCUT2D eigenvalue weighted by molar-refractivity contribution is -0.386. The van der Waals surface area contributed by atoms with Crippen LogP contribution in [0.25, 0.3) is 0 Å². The minimum absolute atomic E-state index is 0.0955. The summed E-state index contributed by atoms with van der Waals surface area (Å²) in [6, 6.07) is 0. The second-order valence-corrected chi connectivity index (χ2v) is 3.62. The average molecular weight is 226 g/mol. The zero-order valence-electron chi connectivity index (χ0n) is 8.84. The number of hydrogen-bond acceptors (Lipinski definition) is 5. The van der Waals surface area contributed by atoms with Gasteiger partial charge < -0.3 is 4.90 Å². The van der Waals surface area contributed by atoms with Gasteiger partial charge in [0.05, 0.1) is 4.92 Å². The Bertz CT molecular complexity index is 581. The van der Waals surface area contributed by atoms with E-state index in [1.54, 1.807) is 4.90 Å². The van der Waals surface area contributed by atoms with Crippen molar-refractivity contribution in [2.75, 3.05) is 18.0 Å². The fraction of sp³-hybridized carbons (Fsp3) is 0.500. The molecule has 8 nitrogen and oxygen atoms in total. The molecule has 2 rings (SSSR count). The van der Waals surface area contributed by atoms with E-state index in [1.165, 1.54) is 14.1 Å². The monoisotopic (exact) mass is 226 g/mol. The van der Waals surface area contributed by atoms with Crippen molar-refractivity contribution in [1.29, 1.82) is 0 Å². The fourth-order valence-electron chi connectivity index (χ4n) is 1.60. The summed E-state index contributed by atoms with van der Waals surface area (Å²) in [7, 11) is 2.64. The van der Waals surface area contributed by atoms with E-state index in [0.29, 0.717) is 13.1 Å². The Morgan fingerprint density at radius 1 is 1.19 bits per heavy atom. The molecule has 0 N–H and O–H groups in total. The molecule has 1 aromatic rings. The van der Waals surface area contributed by atoms with Crippen LogP contribution >= 0.6 is 0 Å². The Morgan fingerprint density at radius 2 is 1.75 bits per heavy atom. The van der Waals surface area contributed by atoms with Crippen LogP contribution in [0, 0.1) is 10.1 Å². The molecule has 1 saturated heterocycles. The summed E-state index contributed by atoms with van der Waals surface area (Å²) < 4.78 is 1.87. The molecular formula is C8H10N4O4. The zero-order chi connectivity index (χ0) is 12.0. The van der Waals surface area contributed by atoms with Gasteiger partial charge >= 0.3 is 16.9 Å². The van der Waals surface area contributed by atoms with Crippen LogP contribution in [0.5, 0.6) is 0 Å². The van der Waals surface area contributed by atoms with Gasteiger partial charge in [-0.25, -0.2) is 4.79 Å². The summed E-state index contributed by atoms with van der Waals surface area (Å²) in [4.78, 5) is 34.9. The first kappa shape index (κ1) is 10.4. The van der Waals surface area contributed by atoms with Gasteiger partial charge in [-0.3, -0.25) is 24.0 Å². The van der Waals surface area contributed by atoms with E-state index in [-0.39, 0.29) is 5.82 Å². The molecule has 0 radical (unpaired) electrons. The molecule has 2 heterocycles. The van der Waals surface area contributed by atoms with Crippen LogP contribution in [0.3, 0.4) is 0 Å². The summed E-state index contributed by atoms with van der Waals surface area (Å²) in [6.45, 7) is 1.25. The maximum Gasteiger partial charge on any atom is 0.374 e. The van der Waals surface area contributed by atoms with Gasteiger partial charge in [-0.2, -0.15) is 0 Å². The van der Waals surface area contributed by atoms with Crippen LogP contribution < -0.4 is 16.1 Å². The largest absolute Gasteiger partial charge is 0.374 e. The Hall–Kier alpha value is -2.12. The van der Waals surface area contributed by atoms with E-state index >= 15 is 0 Å². The van der Waals surface area contributed by atoms with Crippen LogP contribution in [-0.4, -0.2) is 27.1 Å². The molecule has 86 valence electrons. The first-order valence-electron chi connectivity index (χ1n) is 4.64. The van der Waals surface area contributed by atoms with Crippen molar-refractivity contribution in [3.05, 3.63) is 31.0 Å². The molecular weight excluding hydrogens is 216 g/mol. The summed E-state index contributed by atoms with van der Waals surface area (Å²) in [6.07, 6.45) is 0. The van der Waals surface area contributed by atoms with Crippen molar-refractivity contribution >= 4 is 11.5 Å². The maximum absolute atomic E-state index is 11.6. The van der Waals surface area contributed by atoms with Gasteiger partial charge in [-0.05, 0) is 0 Å². The van der Waals surface area contributed by atoms with Crippen LogP contribution in [0.4, 0.5) is 11.5 Å². The van der Waals surface area contributed by atoms with E-state index in [4.69, 9.17) is 0 Å². The summed E-state index contributed by atoms with van der Waals surface area (Å²) in [5.41, 5.74) is -1.96. The first-order valence-corrected chi connectivity index (χ1v) is 4.64. The molecule has 8 heteroatoms. The van der Waals surface area contributed by atoms with Crippen molar-refractivity contribution in [2.24, 2.45) is 14.1 Å². The standard InChI is InChI=1S/C8H10N4O4/c1-9-6(11-3-4-11)5(12(15)16)7(13)10(2)8(9)14/h3-4H2,1-2H3. The lowest BCUT2D eigenvalue weighted by atomic mass is 10.4. The minimum Gasteiger partial charge on any atom is -0.348 e. The molecule has 1 aliphatic heterocycles. The van der Waals surface area contributed by atoms with Gasteiger partial charge in [0, 0.05) is 27.2 Å². The van der Waals surface area contributed by atoms with Crippen molar-refractivity contribution in [3.8, 4) is 0 Å². The molecule has 0 aromatic carbocycles.